The third kappa shape index (κ3) is 6.05. The summed E-state index contributed by atoms with van der Waals surface area (Å²) in [6, 6.07) is 14.8. The van der Waals surface area contributed by atoms with Crippen molar-refractivity contribution in [1.82, 2.24) is 20.3 Å². The molecule has 2 aromatic carbocycles. The van der Waals surface area contributed by atoms with Crippen molar-refractivity contribution in [3.63, 3.8) is 0 Å². The molecular formula is C27H29N5O4. The van der Waals surface area contributed by atoms with E-state index in [1.807, 2.05) is 62.4 Å². The highest BCUT2D eigenvalue weighted by atomic mass is 16.5. The van der Waals surface area contributed by atoms with Crippen molar-refractivity contribution in [2.45, 2.75) is 39.8 Å². The molecule has 36 heavy (non-hydrogen) atoms. The van der Waals surface area contributed by atoms with Gasteiger partial charge in [-0.05, 0) is 75.7 Å². The molecule has 0 bridgehead atoms. The fraction of sp³-hybridized carbons (Fsp3) is 0.259. The Hall–Kier alpha value is -4.24. The molecule has 0 saturated heterocycles. The smallest absolute Gasteiger partial charge is 0.248 e. The third-order valence-corrected chi connectivity index (χ3v) is 5.43. The highest BCUT2D eigenvalue weighted by Gasteiger charge is 2.15. The molecule has 0 aliphatic carbocycles. The van der Waals surface area contributed by atoms with Crippen molar-refractivity contribution in [2.24, 2.45) is 0 Å². The molecule has 9 heteroatoms. The fourth-order valence-electron chi connectivity index (χ4n) is 3.53. The fourth-order valence-corrected chi connectivity index (χ4v) is 3.53. The molecule has 0 aliphatic rings. The molecule has 2 aromatic heterocycles. The molecular weight excluding hydrogens is 458 g/mol. The standard InChI is InChI=1S/C27H29N5O4/c1-16-12-20(9-11-23(16)36-21-10-8-17(2)28-13-21)32-26-25-22(29-15-30-26)6-5-7-24(25)35-14-18(3)31-27(34)19(4)33/h5-13,15,18-19,33H,14H2,1-4H3,(H,31,34)(H,29,30,32)/t18-,19?/m0/s1. The SMILES string of the molecule is Cc1ccc(Oc2ccc(Nc3ncnc4cccc(OC[C@H](C)NC(=O)C(C)O)c34)cc2C)cn1. The summed E-state index contributed by atoms with van der Waals surface area (Å²) < 4.78 is 12.0. The maximum atomic E-state index is 11.7. The number of nitrogens with zero attached hydrogens (tertiary/aromatic N) is 3. The van der Waals surface area contributed by atoms with Gasteiger partial charge in [-0.15, -0.1) is 0 Å². The summed E-state index contributed by atoms with van der Waals surface area (Å²) in [4.78, 5) is 24.8. The largest absolute Gasteiger partial charge is 0.491 e. The number of hydrogen-bond acceptors (Lipinski definition) is 8. The topological polar surface area (TPSA) is 118 Å². The normalized spacial score (nSPS) is 12.6. The zero-order chi connectivity index (χ0) is 25.7. The van der Waals surface area contributed by atoms with E-state index in [0.717, 1.165) is 28.1 Å². The average Bonchev–Trinajstić information content (AvgIpc) is 2.85. The van der Waals surface area contributed by atoms with E-state index in [1.165, 1.54) is 13.3 Å². The van der Waals surface area contributed by atoms with E-state index >= 15 is 0 Å². The number of aromatic nitrogens is 3. The lowest BCUT2D eigenvalue weighted by Gasteiger charge is -2.18. The minimum Gasteiger partial charge on any atom is -0.491 e. The van der Waals surface area contributed by atoms with Gasteiger partial charge < -0.3 is 25.2 Å². The monoisotopic (exact) mass is 487 g/mol. The number of carbonyl (C=O) groups is 1. The van der Waals surface area contributed by atoms with Crippen LogP contribution in [0.15, 0.2) is 61.1 Å². The third-order valence-electron chi connectivity index (χ3n) is 5.43. The van der Waals surface area contributed by atoms with Crippen LogP contribution >= 0.6 is 0 Å². The van der Waals surface area contributed by atoms with Crippen molar-refractivity contribution < 1.29 is 19.4 Å². The van der Waals surface area contributed by atoms with Crippen molar-refractivity contribution >= 4 is 28.3 Å². The molecule has 4 aromatic rings. The van der Waals surface area contributed by atoms with Gasteiger partial charge in [0.05, 0.1) is 23.1 Å². The molecule has 2 atom stereocenters. The molecule has 2 heterocycles. The molecule has 9 nitrogen and oxygen atoms in total. The first-order valence-corrected chi connectivity index (χ1v) is 11.6. The maximum absolute atomic E-state index is 11.7. The number of hydrogen-bond donors (Lipinski definition) is 3. The lowest BCUT2D eigenvalue weighted by atomic mass is 10.1. The Morgan fingerprint density at radius 2 is 1.86 bits per heavy atom. The van der Waals surface area contributed by atoms with E-state index in [-0.39, 0.29) is 12.6 Å². The molecule has 0 radical (unpaired) electrons. The van der Waals surface area contributed by atoms with Crippen LogP contribution in [0.2, 0.25) is 0 Å². The number of amides is 1. The molecule has 0 fully saturated rings. The van der Waals surface area contributed by atoms with Gasteiger partial charge in [0.1, 0.15) is 42.1 Å². The Balaban J connectivity index is 1.53. The van der Waals surface area contributed by atoms with Crippen LogP contribution in [0.1, 0.15) is 25.1 Å². The number of ether oxygens (including phenoxy) is 2. The highest BCUT2D eigenvalue weighted by Crippen LogP contribution is 2.33. The van der Waals surface area contributed by atoms with Crippen LogP contribution in [0.5, 0.6) is 17.2 Å². The summed E-state index contributed by atoms with van der Waals surface area (Å²) in [6.07, 6.45) is 2.11. The molecule has 1 amide bonds. The number of benzene rings is 2. The number of fused-ring (bicyclic) bond motifs is 1. The van der Waals surface area contributed by atoms with Crippen LogP contribution in [0.3, 0.4) is 0 Å². The number of aliphatic hydroxyl groups excluding tert-OH is 1. The highest BCUT2D eigenvalue weighted by molar-refractivity contribution is 5.95. The molecule has 3 N–H and O–H groups in total. The van der Waals surface area contributed by atoms with Crippen LogP contribution in [0.4, 0.5) is 11.5 Å². The number of aliphatic hydroxyl groups is 1. The minimum atomic E-state index is -1.08. The van der Waals surface area contributed by atoms with E-state index < -0.39 is 12.0 Å². The Morgan fingerprint density at radius 3 is 2.58 bits per heavy atom. The Morgan fingerprint density at radius 1 is 1.03 bits per heavy atom. The summed E-state index contributed by atoms with van der Waals surface area (Å²) in [6.45, 7) is 7.34. The number of aryl methyl sites for hydroxylation is 2. The van der Waals surface area contributed by atoms with E-state index in [2.05, 4.69) is 25.6 Å². The predicted octanol–water partition coefficient (Wildman–Crippen LogP) is 4.44. The van der Waals surface area contributed by atoms with Gasteiger partial charge in [-0.1, -0.05) is 6.07 Å². The Bertz CT molecular complexity index is 1350. The van der Waals surface area contributed by atoms with Crippen LogP contribution in [0, 0.1) is 13.8 Å². The number of anilines is 2. The average molecular weight is 488 g/mol. The number of carbonyl (C=O) groups excluding carboxylic acids is 1. The van der Waals surface area contributed by atoms with E-state index in [0.29, 0.717) is 22.8 Å². The van der Waals surface area contributed by atoms with Gasteiger partial charge in [0, 0.05) is 11.4 Å². The van der Waals surface area contributed by atoms with Gasteiger partial charge >= 0.3 is 0 Å². The predicted molar refractivity (Wildman–Crippen MR) is 138 cm³/mol. The molecule has 186 valence electrons. The van der Waals surface area contributed by atoms with Crippen LogP contribution in [-0.4, -0.2) is 44.7 Å². The minimum absolute atomic E-state index is 0.213. The summed E-state index contributed by atoms with van der Waals surface area (Å²) in [5.74, 6) is 2.13. The first-order chi connectivity index (χ1) is 17.3. The zero-order valence-corrected chi connectivity index (χ0v) is 20.6. The van der Waals surface area contributed by atoms with Gasteiger partial charge in [0.25, 0.3) is 0 Å². The second kappa shape index (κ2) is 11.0. The van der Waals surface area contributed by atoms with Crippen LogP contribution in [-0.2, 0) is 4.79 Å². The van der Waals surface area contributed by atoms with Crippen molar-refractivity contribution in [2.75, 3.05) is 11.9 Å². The summed E-state index contributed by atoms with van der Waals surface area (Å²) in [7, 11) is 0. The first kappa shape index (κ1) is 24.9. The van der Waals surface area contributed by atoms with Crippen molar-refractivity contribution in [1.29, 1.82) is 0 Å². The van der Waals surface area contributed by atoms with Gasteiger partial charge in [0.15, 0.2) is 0 Å². The molecule has 0 spiro atoms. The van der Waals surface area contributed by atoms with Gasteiger partial charge in [-0.25, -0.2) is 9.97 Å². The van der Waals surface area contributed by atoms with E-state index in [9.17, 15) is 9.90 Å². The van der Waals surface area contributed by atoms with Crippen LogP contribution < -0.4 is 20.1 Å². The van der Waals surface area contributed by atoms with Crippen LogP contribution in [0.25, 0.3) is 10.9 Å². The van der Waals surface area contributed by atoms with Gasteiger partial charge in [-0.3, -0.25) is 9.78 Å². The second-order valence-corrected chi connectivity index (χ2v) is 8.61. The molecule has 1 unspecified atom stereocenters. The quantitative estimate of drug-likeness (QED) is 0.317. The molecule has 4 rings (SSSR count). The van der Waals surface area contributed by atoms with Crippen molar-refractivity contribution in [3.8, 4) is 17.2 Å². The van der Waals surface area contributed by atoms with E-state index in [1.54, 1.807) is 13.1 Å². The maximum Gasteiger partial charge on any atom is 0.248 e. The molecule has 0 saturated carbocycles. The zero-order valence-electron chi connectivity index (χ0n) is 20.6. The number of pyridine rings is 1. The van der Waals surface area contributed by atoms with Gasteiger partial charge in [0.2, 0.25) is 5.91 Å². The Kier molecular flexibility index (Phi) is 7.60. The number of nitrogens with one attached hydrogen (secondary N) is 2. The molecule has 0 aliphatic heterocycles. The lowest BCUT2D eigenvalue weighted by molar-refractivity contribution is -0.129. The first-order valence-electron chi connectivity index (χ1n) is 11.6. The van der Waals surface area contributed by atoms with Crippen molar-refractivity contribution in [3.05, 3.63) is 72.3 Å². The summed E-state index contributed by atoms with van der Waals surface area (Å²) in [5, 5.41) is 16.2. The summed E-state index contributed by atoms with van der Waals surface area (Å²) >= 11 is 0. The lowest BCUT2D eigenvalue weighted by Crippen LogP contribution is -2.41. The Labute approximate surface area is 209 Å². The number of rotatable bonds is 9. The van der Waals surface area contributed by atoms with E-state index in [4.69, 9.17) is 9.47 Å². The van der Waals surface area contributed by atoms with Gasteiger partial charge in [-0.2, -0.15) is 0 Å². The second-order valence-electron chi connectivity index (χ2n) is 8.61. The summed E-state index contributed by atoms with van der Waals surface area (Å²) in [5.41, 5.74) is 3.42.